The Hall–Kier alpha value is -0.850. The summed E-state index contributed by atoms with van der Waals surface area (Å²) in [5, 5.41) is 8.32. The van der Waals surface area contributed by atoms with E-state index in [-0.39, 0.29) is 5.92 Å². The fraction of sp³-hybridized carbons (Fsp3) is 0.929. The maximum Gasteiger partial charge on any atom is 0.542 e. The van der Waals surface area contributed by atoms with E-state index in [1.165, 1.54) is 0 Å². The normalized spacial score (nSPS) is 14.7. The van der Waals surface area contributed by atoms with Crippen LogP contribution in [0.1, 0.15) is 66.7 Å². The van der Waals surface area contributed by atoms with Gasteiger partial charge in [-0.05, 0) is 33.1 Å². The molecule has 6 heteroatoms. The van der Waals surface area contributed by atoms with Crippen LogP contribution in [0.15, 0.2) is 0 Å². The average molecular weight is 292 g/mol. The molecule has 6 nitrogen and oxygen atoms in total. The van der Waals surface area contributed by atoms with Gasteiger partial charge in [-0.2, -0.15) is 10.1 Å². The molecule has 0 amide bonds. The molecular weight excluding hydrogens is 264 g/mol. The predicted molar refractivity (Wildman–Crippen MR) is 73.8 cm³/mol. The summed E-state index contributed by atoms with van der Waals surface area (Å²) in [6.45, 7) is 9.79. The molecule has 0 heterocycles. The Labute approximate surface area is 121 Å². The lowest BCUT2D eigenvalue weighted by molar-refractivity contribution is -0.424. The highest BCUT2D eigenvalue weighted by atomic mass is 17.2. The van der Waals surface area contributed by atoms with Crippen LogP contribution >= 0.6 is 0 Å². The third kappa shape index (κ3) is 7.67. The molecule has 20 heavy (non-hydrogen) atoms. The quantitative estimate of drug-likeness (QED) is 0.280. The van der Waals surface area contributed by atoms with Crippen LogP contribution in [0, 0.1) is 5.92 Å². The number of carbonyl (C=O) groups is 1. The van der Waals surface area contributed by atoms with Gasteiger partial charge in [0.25, 0.3) is 0 Å². The minimum atomic E-state index is -1.19. The van der Waals surface area contributed by atoms with Gasteiger partial charge in [0.2, 0.25) is 6.29 Å². The fourth-order valence-corrected chi connectivity index (χ4v) is 1.55. The van der Waals surface area contributed by atoms with Gasteiger partial charge in [0.15, 0.2) is 0 Å². The van der Waals surface area contributed by atoms with E-state index in [2.05, 4.69) is 11.8 Å². The van der Waals surface area contributed by atoms with E-state index in [9.17, 15) is 4.79 Å². The molecule has 1 N–H and O–H groups in total. The number of carbonyl (C=O) groups excluding carboxylic acids is 1. The molecule has 0 aromatic rings. The van der Waals surface area contributed by atoms with Crippen molar-refractivity contribution in [1.82, 2.24) is 0 Å². The van der Waals surface area contributed by atoms with E-state index < -0.39 is 18.0 Å². The summed E-state index contributed by atoms with van der Waals surface area (Å²) in [7, 11) is 0. The first kappa shape index (κ1) is 19.1. The molecular formula is C14H28O6. The molecule has 120 valence electrons. The van der Waals surface area contributed by atoms with Crippen LogP contribution in [-0.4, -0.2) is 23.3 Å². The van der Waals surface area contributed by atoms with E-state index >= 15 is 0 Å². The topological polar surface area (TPSA) is 74.2 Å². The summed E-state index contributed by atoms with van der Waals surface area (Å²) in [4.78, 5) is 25.2. The summed E-state index contributed by atoms with van der Waals surface area (Å²) in [5.74, 6) is -0.0123. The van der Waals surface area contributed by atoms with Crippen molar-refractivity contribution in [3.8, 4) is 0 Å². The fourth-order valence-electron chi connectivity index (χ4n) is 1.55. The van der Waals surface area contributed by atoms with Gasteiger partial charge < -0.3 is 4.74 Å². The minimum absolute atomic E-state index is 0.0123. The van der Waals surface area contributed by atoms with Crippen molar-refractivity contribution >= 4 is 6.16 Å². The molecule has 0 fully saturated rings. The molecule has 0 radical (unpaired) electrons. The second-order valence-electron chi connectivity index (χ2n) is 5.43. The minimum Gasteiger partial charge on any atom is -0.399 e. The van der Waals surface area contributed by atoms with Crippen molar-refractivity contribution in [3.63, 3.8) is 0 Å². The van der Waals surface area contributed by atoms with Crippen molar-refractivity contribution < 1.29 is 29.5 Å². The lowest BCUT2D eigenvalue weighted by atomic mass is 9.99. The Bertz CT molecular complexity index is 266. The lowest BCUT2D eigenvalue weighted by Crippen LogP contribution is -2.34. The summed E-state index contributed by atoms with van der Waals surface area (Å²) in [6, 6.07) is 0. The maximum absolute atomic E-state index is 11.1. The second kappa shape index (κ2) is 9.96. The number of unbranched alkanes of at least 4 members (excludes halogenated alkanes) is 1. The smallest absolute Gasteiger partial charge is 0.399 e. The van der Waals surface area contributed by atoms with Gasteiger partial charge in [0.1, 0.15) is 0 Å². The van der Waals surface area contributed by atoms with Crippen molar-refractivity contribution in [1.29, 1.82) is 0 Å². The van der Waals surface area contributed by atoms with Crippen LogP contribution in [0.2, 0.25) is 0 Å². The average Bonchev–Trinajstić information content (AvgIpc) is 2.44. The van der Waals surface area contributed by atoms with Crippen LogP contribution in [0.25, 0.3) is 0 Å². The van der Waals surface area contributed by atoms with Crippen LogP contribution in [0.4, 0.5) is 4.79 Å². The molecule has 0 aliphatic rings. The molecule has 0 saturated carbocycles. The Morgan fingerprint density at radius 2 is 1.90 bits per heavy atom. The van der Waals surface area contributed by atoms with Gasteiger partial charge in [0, 0.05) is 5.92 Å². The molecule has 0 spiro atoms. The van der Waals surface area contributed by atoms with Crippen LogP contribution in [0.5, 0.6) is 0 Å². The van der Waals surface area contributed by atoms with Gasteiger partial charge in [-0.15, -0.1) is 0 Å². The van der Waals surface area contributed by atoms with Crippen molar-refractivity contribution in [2.45, 2.75) is 78.6 Å². The number of hydrogen-bond donors (Lipinski definition) is 1. The summed E-state index contributed by atoms with van der Waals surface area (Å²) < 4.78 is 4.93. The van der Waals surface area contributed by atoms with E-state index in [0.29, 0.717) is 0 Å². The molecule has 2 atom stereocenters. The SMILES string of the molecule is CCCCC(CC)C(OOC(C)(C)CC)OC(=O)OO. The van der Waals surface area contributed by atoms with Crippen LogP contribution in [0.3, 0.4) is 0 Å². The van der Waals surface area contributed by atoms with E-state index in [4.69, 9.17) is 19.8 Å². The van der Waals surface area contributed by atoms with Gasteiger partial charge in [0.05, 0.1) is 5.60 Å². The molecule has 0 saturated heterocycles. The van der Waals surface area contributed by atoms with E-state index in [0.717, 1.165) is 32.1 Å². The Kier molecular flexibility index (Phi) is 9.54. The monoisotopic (exact) mass is 292 g/mol. The first-order valence-electron chi connectivity index (χ1n) is 7.26. The highest BCUT2D eigenvalue weighted by Gasteiger charge is 2.29. The summed E-state index contributed by atoms with van der Waals surface area (Å²) in [5.41, 5.74) is -0.478. The summed E-state index contributed by atoms with van der Waals surface area (Å²) >= 11 is 0. The number of hydrogen-bond acceptors (Lipinski definition) is 6. The third-order valence-corrected chi connectivity index (χ3v) is 3.34. The van der Waals surface area contributed by atoms with Crippen LogP contribution in [-0.2, 0) is 19.4 Å². The van der Waals surface area contributed by atoms with Crippen molar-refractivity contribution in [3.05, 3.63) is 0 Å². The zero-order valence-corrected chi connectivity index (χ0v) is 13.2. The van der Waals surface area contributed by atoms with E-state index in [1.54, 1.807) is 0 Å². The molecule has 0 aliphatic carbocycles. The van der Waals surface area contributed by atoms with E-state index in [1.807, 2.05) is 27.7 Å². The van der Waals surface area contributed by atoms with Crippen LogP contribution < -0.4 is 0 Å². The first-order valence-corrected chi connectivity index (χ1v) is 7.26. The highest BCUT2D eigenvalue weighted by Crippen LogP contribution is 2.24. The van der Waals surface area contributed by atoms with Gasteiger partial charge in [-0.1, -0.05) is 33.6 Å². The Morgan fingerprint density at radius 3 is 2.35 bits per heavy atom. The molecule has 0 aliphatic heterocycles. The third-order valence-electron chi connectivity index (χ3n) is 3.34. The Balaban J connectivity index is 4.64. The second-order valence-corrected chi connectivity index (χ2v) is 5.43. The van der Waals surface area contributed by atoms with Gasteiger partial charge in [-0.25, -0.2) is 9.68 Å². The highest BCUT2D eigenvalue weighted by molar-refractivity contribution is 5.58. The lowest BCUT2D eigenvalue weighted by Gasteiger charge is -2.28. The largest absolute Gasteiger partial charge is 0.542 e. The number of rotatable bonds is 10. The molecule has 0 bridgehead atoms. The standard InChI is InChI=1S/C14H28O6/c1-6-9-10-11(7-2)12(17-13(15)18-16)19-20-14(4,5)8-3/h11-12,16H,6-10H2,1-5H3. The van der Waals surface area contributed by atoms with Gasteiger partial charge >= 0.3 is 6.16 Å². The molecule has 2 unspecified atom stereocenters. The molecule has 0 rings (SSSR count). The molecule has 0 aromatic heterocycles. The summed E-state index contributed by atoms with van der Waals surface area (Å²) in [6.07, 6.45) is 2.30. The Morgan fingerprint density at radius 1 is 1.25 bits per heavy atom. The zero-order chi connectivity index (χ0) is 15.6. The predicted octanol–water partition coefficient (Wildman–Crippen LogP) is 4.29. The molecule has 0 aromatic carbocycles. The number of ether oxygens (including phenoxy) is 1. The van der Waals surface area contributed by atoms with Gasteiger partial charge in [-0.3, -0.25) is 4.89 Å². The van der Waals surface area contributed by atoms with Crippen molar-refractivity contribution in [2.24, 2.45) is 5.92 Å². The van der Waals surface area contributed by atoms with Crippen molar-refractivity contribution in [2.75, 3.05) is 0 Å². The first-order chi connectivity index (χ1) is 9.40. The maximum atomic E-state index is 11.1. The zero-order valence-electron chi connectivity index (χ0n) is 13.2.